The molecule has 1 N–H and O–H groups in total. The van der Waals surface area contributed by atoms with Crippen LogP contribution in [-0.2, 0) is 0 Å². The van der Waals surface area contributed by atoms with Crippen LogP contribution in [0.15, 0.2) is 36.4 Å². The summed E-state index contributed by atoms with van der Waals surface area (Å²) >= 11 is 6.25. The summed E-state index contributed by atoms with van der Waals surface area (Å²) in [7, 11) is 3.56. The van der Waals surface area contributed by atoms with Crippen molar-refractivity contribution in [1.29, 1.82) is 0 Å². The molecule has 0 radical (unpaired) electrons. The summed E-state index contributed by atoms with van der Waals surface area (Å²) in [5, 5.41) is 3.81. The summed E-state index contributed by atoms with van der Waals surface area (Å²) in [6.07, 6.45) is 0. The Hall–Kier alpha value is -1.71. The molecule has 0 heterocycles. The standard InChI is InChI=1S/C17H20ClNO2/c1-11-8-9-14(13(18)10-11)21-16-7-5-6-15(20-4)17(16)12(2)19-3/h5-10,12,19H,1-4H3. The average Bonchev–Trinajstić information content (AvgIpc) is 2.49. The van der Waals surface area contributed by atoms with Crippen LogP contribution >= 0.6 is 11.6 Å². The first-order valence-electron chi connectivity index (χ1n) is 6.85. The maximum Gasteiger partial charge on any atom is 0.146 e. The van der Waals surface area contributed by atoms with Crippen LogP contribution < -0.4 is 14.8 Å². The molecule has 4 heteroatoms. The molecule has 0 aliphatic rings. The van der Waals surface area contributed by atoms with Gasteiger partial charge in [0.05, 0.1) is 17.7 Å². The number of halogens is 1. The summed E-state index contributed by atoms with van der Waals surface area (Å²) in [4.78, 5) is 0. The number of ether oxygens (including phenoxy) is 2. The van der Waals surface area contributed by atoms with Gasteiger partial charge in [0.15, 0.2) is 0 Å². The summed E-state index contributed by atoms with van der Waals surface area (Å²) in [5.74, 6) is 2.17. The second kappa shape index (κ2) is 6.83. The molecule has 112 valence electrons. The highest BCUT2D eigenvalue weighted by Crippen LogP contribution is 2.38. The molecule has 0 aromatic heterocycles. The Balaban J connectivity index is 2.43. The minimum Gasteiger partial charge on any atom is -0.496 e. The third-order valence-corrected chi connectivity index (χ3v) is 3.71. The molecule has 1 unspecified atom stereocenters. The Morgan fingerprint density at radius 1 is 1.10 bits per heavy atom. The molecule has 2 rings (SSSR count). The summed E-state index contributed by atoms with van der Waals surface area (Å²) in [6, 6.07) is 11.6. The molecule has 0 fully saturated rings. The lowest BCUT2D eigenvalue weighted by atomic mass is 10.1. The van der Waals surface area contributed by atoms with E-state index in [0.717, 1.165) is 22.6 Å². The predicted molar refractivity (Wildman–Crippen MR) is 86.7 cm³/mol. The van der Waals surface area contributed by atoms with E-state index in [4.69, 9.17) is 21.1 Å². The van der Waals surface area contributed by atoms with Crippen LogP contribution in [0.4, 0.5) is 0 Å². The lowest BCUT2D eigenvalue weighted by molar-refractivity contribution is 0.393. The van der Waals surface area contributed by atoms with Crippen molar-refractivity contribution >= 4 is 11.6 Å². The maximum absolute atomic E-state index is 6.25. The van der Waals surface area contributed by atoms with Crippen molar-refractivity contribution in [3.05, 3.63) is 52.5 Å². The fraction of sp³-hybridized carbons (Fsp3) is 0.294. The van der Waals surface area contributed by atoms with Crippen molar-refractivity contribution in [2.45, 2.75) is 19.9 Å². The van der Waals surface area contributed by atoms with Gasteiger partial charge >= 0.3 is 0 Å². The zero-order valence-corrected chi connectivity index (χ0v) is 13.5. The van der Waals surface area contributed by atoms with Crippen LogP contribution in [-0.4, -0.2) is 14.2 Å². The van der Waals surface area contributed by atoms with E-state index in [1.165, 1.54) is 0 Å². The lowest BCUT2D eigenvalue weighted by Gasteiger charge is -2.19. The normalized spacial score (nSPS) is 12.0. The van der Waals surface area contributed by atoms with Crippen LogP contribution in [0.3, 0.4) is 0 Å². The molecule has 0 spiro atoms. The molecule has 0 bridgehead atoms. The van der Waals surface area contributed by atoms with E-state index in [9.17, 15) is 0 Å². The van der Waals surface area contributed by atoms with Crippen LogP contribution in [0.5, 0.6) is 17.2 Å². The highest BCUT2D eigenvalue weighted by molar-refractivity contribution is 6.32. The molecule has 21 heavy (non-hydrogen) atoms. The second-order valence-corrected chi connectivity index (χ2v) is 5.33. The van der Waals surface area contributed by atoms with Crippen LogP contribution in [0.2, 0.25) is 5.02 Å². The topological polar surface area (TPSA) is 30.5 Å². The van der Waals surface area contributed by atoms with Gasteiger partial charge in [-0.05, 0) is 50.7 Å². The molecule has 0 saturated carbocycles. The SMILES string of the molecule is CNC(C)c1c(OC)cccc1Oc1ccc(C)cc1Cl. The Kier molecular flexibility index (Phi) is 5.10. The third kappa shape index (κ3) is 3.49. The summed E-state index contributed by atoms with van der Waals surface area (Å²) < 4.78 is 11.5. The van der Waals surface area contributed by atoms with E-state index in [1.807, 2.05) is 50.4 Å². The molecule has 0 saturated heterocycles. The number of aryl methyl sites for hydroxylation is 1. The van der Waals surface area contributed by atoms with Crippen molar-refractivity contribution in [3.8, 4) is 17.2 Å². The Morgan fingerprint density at radius 2 is 1.81 bits per heavy atom. The molecule has 3 nitrogen and oxygen atoms in total. The first kappa shape index (κ1) is 15.7. The molecule has 0 amide bonds. The van der Waals surface area contributed by atoms with Crippen LogP contribution in [0.25, 0.3) is 0 Å². The summed E-state index contributed by atoms with van der Waals surface area (Å²) in [5.41, 5.74) is 2.07. The smallest absolute Gasteiger partial charge is 0.146 e. The molecule has 0 aliphatic carbocycles. The van der Waals surface area contributed by atoms with Gasteiger partial charge in [0.2, 0.25) is 0 Å². The molecular weight excluding hydrogens is 286 g/mol. The molecular formula is C17H20ClNO2. The predicted octanol–water partition coefficient (Wildman–Crippen LogP) is 4.73. The monoisotopic (exact) mass is 305 g/mol. The zero-order valence-electron chi connectivity index (χ0n) is 12.7. The molecule has 2 aromatic rings. The second-order valence-electron chi connectivity index (χ2n) is 4.92. The lowest BCUT2D eigenvalue weighted by Crippen LogP contribution is -2.14. The fourth-order valence-corrected chi connectivity index (χ4v) is 2.44. The quantitative estimate of drug-likeness (QED) is 0.866. The van der Waals surface area contributed by atoms with Gasteiger partial charge < -0.3 is 14.8 Å². The summed E-state index contributed by atoms with van der Waals surface area (Å²) in [6.45, 7) is 4.05. The number of hydrogen-bond acceptors (Lipinski definition) is 3. The molecule has 1 atom stereocenters. The van der Waals surface area contributed by atoms with Gasteiger partial charge in [-0.1, -0.05) is 23.7 Å². The number of methoxy groups -OCH3 is 1. The first-order valence-corrected chi connectivity index (χ1v) is 7.22. The average molecular weight is 306 g/mol. The van der Waals surface area contributed by atoms with Crippen molar-refractivity contribution in [1.82, 2.24) is 5.32 Å². The van der Waals surface area contributed by atoms with E-state index in [-0.39, 0.29) is 6.04 Å². The van der Waals surface area contributed by atoms with E-state index in [2.05, 4.69) is 12.2 Å². The molecule has 0 aliphatic heterocycles. The van der Waals surface area contributed by atoms with Gasteiger partial charge in [-0.25, -0.2) is 0 Å². The van der Waals surface area contributed by atoms with Crippen LogP contribution in [0.1, 0.15) is 24.1 Å². The highest BCUT2D eigenvalue weighted by Gasteiger charge is 2.17. The number of hydrogen-bond donors (Lipinski definition) is 1. The van der Waals surface area contributed by atoms with Gasteiger partial charge in [-0.3, -0.25) is 0 Å². The number of rotatable bonds is 5. The number of nitrogens with one attached hydrogen (secondary N) is 1. The van der Waals surface area contributed by atoms with Gasteiger partial charge in [-0.2, -0.15) is 0 Å². The Bertz CT molecular complexity index is 628. The van der Waals surface area contributed by atoms with E-state index >= 15 is 0 Å². The van der Waals surface area contributed by atoms with Gasteiger partial charge in [0.25, 0.3) is 0 Å². The van der Waals surface area contributed by atoms with Crippen molar-refractivity contribution < 1.29 is 9.47 Å². The van der Waals surface area contributed by atoms with E-state index in [0.29, 0.717) is 10.8 Å². The maximum atomic E-state index is 6.25. The minimum atomic E-state index is 0.0976. The molecule has 2 aromatic carbocycles. The van der Waals surface area contributed by atoms with Gasteiger partial charge in [0, 0.05) is 6.04 Å². The van der Waals surface area contributed by atoms with Crippen molar-refractivity contribution in [3.63, 3.8) is 0 Å². The van der Waals surface area contributed by atoms with Gasteiger partial charge in [-0.15, -0.1) is 0 Å². The number of benzene rings is 2. The van der Waals surface area contributed by atoms with Crippen molar-refractivity contribution in [2.75, 3.05) is 14.2 Å². The van der Waals surface area contributed by atoms with Crippen molar-refractivity contribution in [2.24, 2.45) is 0 Å². The fourth-order valence-electron chi connectivity index (χ4n) is 2.17. The highest BCUT2D eigenvalue weighted by atomic mass is 35.5. The van der Waals surface area contributed by atoms with Crippen LogP contribution in [0, 0.1) is 6.92 Å². The van der Waals surface area contributed by atoms with E-state index < -0.39 is 0 Å². The van der Waals surface area contributed by atoms with Gasteiger partial charge in [0.1, 0.15) is 17.2 Å². The zero-order chi connectivity index (χ0) is 15.4. The Labute approximate surface area is 130 Å². The third-order valence-electron chi connectivity index (χ3n) is 3.42. The van der Waals surface area contributed by atoms with E-state index in [1.54, 1.807) is 7.11 Å². The largest absolute Gasteiger partial charge is 0.496 e. The first-order chi connectivity index (χ1) is 10.1. The minimum absolute atomic E-state index is 0.0976. The Morgan fingerprint density at radius 3 is 2.43 bits per heavy atom.